The molecule has 0 amide bonds. The molecule has 0 spiro atoms. The Labute approximate surface area is 139 Å². The Morgan fingerprint density at radius 2 is 1.48 bits per heavy atom. The van der Waals surface area contributed by atoms with Crippen LogP contribution in [0.25, 0.3) is 10.8 Å². The van der Waals surface area contributed by atoms with Crippen LogP contribution in [-0.4, -0.2) is 0 Å². The summed E-state index contributed by atoms with van der Waals surface area (Å²) >= 11 is 6.69. The van der Waals surface area contributed by atoms with Crippen LogP contribution in [0.5, 0.6) is 5.75 Å². The van der Waals surface area contributed by atoms with Crippen molar-refractivity contribution in [2.24, 2.45) is 0 Å². The maximum atomic E-state index is 13.7. The fraction of sp³-hybridized carbons (Fsp3) is 0.0588. The Morgan fingerprint density at radius 3 is 2.29 bits per heavy atom. The van der Waals surface area contributed by atoms with Crippen molar-refractivity contribution in [3.63, 3.8) is 0 Å². The Bertz CT molecular complexity index is 802. The summed E-state index contributed by atoms with van der Waals surface area (Å²) in [6, 6.07) is 16.9. The van der Waals surface area contributed by atoms with Crippen molar-refractivity contribution in [1.29, 1.82) is 0 Å². The average Bonchev–Trinajstić information content (AvgIpc) is 2.46. The smallest absolute Gasteiger partial charge is 0.130 e. The van der Waals surface area contributed by atoms with Crippen molar-refractivity contribution in [2.45, 2.75) is 6.61 Å². The summed E-state index contributed by atoms with van der Waals surface area (Å²) in [5, 5.41) is 2.22. The van der Waals surface area contributed by atoms with Gasteiger partial charge in [0.2, 0.25) is 0 Å². The molecular formula is C17H11Br2FO. The summed E-state index contributed by atoms with van der Waals surface area (Å²) in [6.45, 7) is 0.209. The van der Waals surface area contributed by atoms with Crippen LogP contribution in [0.15, 0.2) is 63.5 Å². The minimum absolute atomic E-state index is 0.209. The second-order valence-electron chi connectivity index (χ2n) is 4.68. The van der Waals surface area contributed by atoms with E-state index in [2.05, 4.69) is 31.9 Å². The number of hydrogen-bond acceptors (Lipinski definition) is 1. The summed E-state index contributed by atoms with van der Waals surface area (Å²) in [4.78, 5) is 0. The van der Waals surface area contributed by atoms with Gasteiger partial charge in [0.15, 0.2) is 0 Å². The fourth-order valence-electron chi connectivity index (χ4n) is 2.08. The highest BCUT2D eigenvalue weighted by Crippen LogP contribution is 2.25. The third-order valence-electron chi connectivity index (χ3n) is 3.18. The molecule has 0 aliphatic carbocycles. The van der Waals surface area contributed by atoms with E-state index in [9.17, 15) is 4.39 Å². The molecule has 4 heteroatoms. The van der Waals surface area contributed by atoms with Crippen molar-refractivity contribution in [1.82, 2.24) is 0 Å². The number of hydrogen-bond donors (Lipinski definition) is 0. The molecule has 0 aromatic heterocycles. The number of fused-ring (bicyclic) bond motifs is 1. The van der Waals surface area contributed by atoms with E-state index in [0.717, 1.165) is 25.5 Å². The molecule has 3 rings (SSSR count). The standard InChI is InChI=1S/C17H11Br2FO/c18-14-4-1-12-8-16(6-3-11(12)7-14)21-10-13-2-5-15(19)9-17(13)20/h1-9H,10H2. The number of benzene rings is 3. The van der Waals surface area contributed by atoms with Crippen LogP contribution in [0.1, 0.15) is 5.56 Å². The Morgan fingerprint density at radius 1 is 0.810 bits per heavy atom. The van der Waals surface area contributed by atoms with Gasteiger partial charge >= 0.3 is 0 Å². The summed E-state index contributed by atoms with van der Waals surface area (Å²) in [5.74, 6) is 0.459. The van der Waals surface area contributed by atoms with Crippen LogP contribution in [0.2, 0.25) is 0 Å². The lowest BCUT2D eigenvalue weighted by Gasteiger charge is -2.09. The van der Waals surface area contributed by atoms with E-state index in [0.29, 0.717) is 5.56 Å². The van der Waals surface area contributed by atoms with Crippen LogP contribution in [0, 0.1) is 5.82 Å². The molecular weight excluding hydrogens is 399 g/mol. The summed E-state index contributed by atoms with van der Waals surface area (Å²) < 4.78 is 21.2. The fourth-order valence-corrected chi connectivity index (χ4v) is 2.80. The molecule has 21 heavy (non-hydrogen) atoms. The molecule has 3 aromatic carbocycles. The number of halogens is 3. The van der Waals surface area contributed by atoms with E-state index >= 15 is 0 Å². The third-order valence-corrected chi connectivity index (χ3v) is 4.17. The molecule has 0 radical (unpaired) electrons. The molecule has 0 atom stereocenters. The van der Waals surface area contributed by atoms with Crippen molar-refractivity contribution in [3.8, 4) is 5.75 Å². The van der Waals surface area contributed by atoms with Gasteiger partial charge in [0.1, 0.15) is 18.2 Å². The highest BCUT2D eigenvalue weighted by Gasteiger charge is 2.04. The SMILES string of the molecule is Fc1cc(Br)ccc1COc1ccc2cc(Br)ccc2c1. The van der Waals surface area contributed by atoms with Crippen molar-refractivity contribution < 1.29 is 9.13 Å². The predicted molar refractivity (Wildman–Crippen MR) is 90.1 cm³/mol. The van der Waals surface area contributed by atoms with Crippen LogP contribution < -0.4 is 4.74 Å². The van der Waals surface area contributed by atoms with Crippen LogP contribution in [0.3, 0.4) is 0 Å². The first-order valence-corrected chi connectivity index (χ1v) is 7.96. The molecule has 0 aliphatic heterocycles. The zero-order valence-electron chi connectivity index (χ0n) is 10.9. The van der Waals surface area contributed by atoms with E-state index in [1.54, 1.807) is 12.1 Å². The number of ether oxygens (including phenoxy) is 1. The van der Waals surface area contributed by atoms with Gasteiger partial charge in [-0.3, -0.25) is 0 Å². The van der Waals surface area contributed by atoms with Crippen molar-refractivity contribution in [3.05, 3.63) is 74.9 Å². The third kappa shape index (κ3) is 3.44. The van der Waals surface area contributed by atoms with Crippen LogP contribution in [0.4, 0.5) is 4.39 Å². The van der Waals surface area contributed by atoms with Crippen LogP contribution >= 0.6 is 31.9 Å². The maximum Gasteiger partial charge on any atom is 0.130 e. The topological polar surface area (TPSA) is 9.23 Å². The van der Waals surface area contributed by atoms with Gasteiger partial charge in [0.05, 0.1) is 0 Å². The van der Waals surface area contributed by atoms with Gasteiger partial charge in [-0.25, -0.2) is 4.39 Å². The number of rotatable bonds is 3. The molecule has 3 aromatic rings. The van der Waals surface area contributed by atoms with E-state index in [1.807, 2.05) is 36.4 Å². The zero-order chi connectivity index (χ0) is 14.8. The largest absolute Gasteiger partial charge is 0.489 e. The van der Waals surface area contributed by atoms with Gasteiger partial charge in [-0.2, -0.15) is 0 Å². The minimum Gasteiger partial charge on any atom is -0.489 e. The second-order valence-corrected chi connectivity index (χ2v) is 6.51. The summed E-state index contributed by atoms with van der Waals surface area (Å²) in [5.41, 5.74) is 0.536. The second kappa shape index (κ2) is 6.16. The van der Waals surface area contributed by atoms with Gasteiger partial charge in [0, 0.05) is 14.5 Å². The van der Waals surface area contributed by atoms with E-state index in [-0.39, 0.29) is 12.4 Å². The maximum absolute atomic E-state index is 13.7. The first kappa shape index (κ1) is 14.5. The normalized spacial score (nSPS) is 10.8. The van der Waals surface area contributed by atoms with E-state index in [4.69, 9.17) is 4.74 Å². The molecule has 0 bridgehead atoms. The molecule has 0 heterocycles. The average molecular weight is 410 g/mol. The van der Waals surface area contributed by atoms with E-state index < -0.39 is 0 Å². The lowest BCUT2D eigenvalue weighted by molar-refractivity contribution is 0.300. The molecule has 0 aliphatic rings. The lowest BCUT2D eigenvalue weighted by atomic mass is 10.1. The lowest BCUT2D eigenvalue weighted by Crippen LogP contribution is -1.98. The predicted octanol–water partition coefficient (Wildman–Crippen LogP) is 6.08. The van der Waals surface area contributed by atoms with Gasteiger partial charge in [-0.15, -0.1) is 0 Å². The minimum atomic E-state index is -0.269. The van der Waals surface area contributed by atoms with Gasteiger partial charge in [0.25, 0.3) is 0 Å². The first-order chi connectivity index (χ1) is 10.1. The Hall–Kier alpha value is -1.39. The van der Waals surface area contributed by atoms with Crippen molar-refractivity contribution in [2.75, 3.05) is 0 Å². The Kier molecular flexibility index (Phi) is 4.27. The van der Waals surface area contributed by atoms with Gasteiger partial charge in [-0.05, 0) is 47.2 Å². The zero-order valence-corrected chi connectivity index (χ0v) is 14.1. The Balaban J connectivity index is 1.80. The molecule has 0 N–H and O–H groups in total. The van der Waals surface area contributed by atoms with Crippen molar-refractivity contribution >= 4 is 42.6 Å². The molecule has 0 saturated heterocycles. The van der Waals surface area contributed by atoms with Gasteiger partial charge < -0.3 is 4.74 Å². The van der Waals surface area contributed by atoms with Crippen LogP contribution in [-0.2, 0) is 6.61 Å². The quantitative estimate of drug-likeness (QED) is 0.509. The van der Waals surface area contributed by atoms with E-state index in [1.165, 1.54) is 6.07 Å². The molecule has 1 nitrogen and oxygen atoms in total. The monoisotopic (exact) mass is 408 g/mol. The highest BCUT2D eigenvalue weighted by atomic mass is 79.9. The first-order valence-electron chi connectivity index (χ1n) is 6.38. The molecule has 0 saturated carbocycles. The molecule has 0 unspecified atom stereocenters. The molecule has 106 valence electrons. The highest BCUT2D eigenvalue weighted by molar-refractivity contribution is 9.10. The summed E-state index contributed by atoms with van der Waals surface area (Å²) in [6.07, 6.45) is 0. The molecule has 0 fully saturated rings. The van der Waals surface area contributed by atoms with Gasteiger partial charge in [-0.1, -0.05) is 50.1 Å². The summed E-state index contributed by atoms with van der Waals surface area (Å²) in [7, 11) is 0.